The van der Waals surface area contributed by atoms with Gasteiger partial charge in [-0.05, 0) is 135 Å². The summed E-state index contributed by atoms with van der Waals surface area (Å²) in [6, 6.07) is 79.3. The van der Waals surface area contributed by atoms with Crippen molar-refractivity contribution < 1.29 is 8.83 Å². The van der Waals surface area contributed by atoms with Crippen molar-refractivity contribution in [3.63, 3.8) is 0 Å². The van der Waals surface area contributed by atoms with E-state index in [2.05, 4.69) is 218 Å². The van der Waals surface area contributed by atoms with Crippen molar-refractivity contribution in [3.8, 4) is 44.5 Å². The monoisotopic (exact) mass is 812 g/mol. The molecule has 14 rings (SSSR count). The van der Waals surface area contributed by atoms with Gasteiger partial charge in [0, 0.05) is 21.5 Å². The molecule has 64 heavy (non-hydrogen) atoms. The molecule has 0 N–H and O–H groups in total. The molecule has 0 saturated carbocycles. The molecule has 0 bridgehead atoms. The van der Waals surface area contributed by atoms with Gasteiger partial charge in [-0.15, -0.1) is 0 Å². The standard InChI is InChI=1S/C62H36O2/c1-2-16-37(17-3-1)57-41-20-6-10-24-45(41)59(46-25-11-7-21-42(46)57)49-28-14-30-54-61(49)62-50(29-15-31-55(62)64-54)60-47-26-12-8-22-43(47)58(44-23-9-13-27-48(44)60)40-32-33-53-51(35-40)52-34-38-18-4-5-19-39(38)36-56(52)63-53/h1-36H. The average Bonchev–Trinajstić information content (AvgIpc) is 3.92. The van der Waals surface area contributed by atoms with Gasteiger partial charge in [0.1, 0.15) is 22.3 Å². The summed E-state index contributed by atoms with van der Waals surface area (Å²) >= 11 is 0. The van der Waals surface area contributed by atoms with Crippen LogP contribution in [0.15, 0.2) is 227 Å². The van der Waals surface area contributed by atoms with Crippen LogP contribution >= 0.6 is 0 Å². The number of hydrogen-bond donors (Lipinski definition) is 0. The van der Waals surface area contributed by atoms with E-state index >= 15 is 0 Å². The van der Waals surface area contributed by atoms with Gasteiger partial charge in [-0.2, -0.15) is 0 Å². The summed E-state index contributed by atoms with van der Waals surface area (Å²) in [5.74, 6) is 0. The maximum absolute atomic E-state index is 6.90. The van der Waals surface area contributed by atoms with Gasteiger partial charge in [0.15, 0.2) is 0 Å². The van der Waals surface area contributed by atoms with Crippen molar-refractivity contribution in [1.29, 1.82) is 0 Å². The summed E-state index contributed by atoms with van der Waals surface area (Å²) in [6.07, 6.45) is 0. The Hall–Kier alpha value is -8.46. The quantitative estimate of drug-likeness (QED) is 0.166. The smallest absolute Gasteiger partial charge is 0.136 e. The minimum Gasteiger partial charge on any atom is -0.456 e. The Morgan fingerprint density at radius 3 is 1.14 bits per heavy atom. The molecule has 0 unspecified atom stereocenters. The molecule has 0 fully saturated rings. The van der Waals surface area contributed by atoms with Crippen LogP contribution in [0.4, 0.5) is 0 Å². The van der Waals surface area contributed by atoms with E-state index in [1.807, 2.05) is 0 Å². The van der Waals surface area contributed by atoms with E-state index < -0.39 is 0 Å². The average molecular weight is 813 g/mol. The second-order valence-corrected chi connectivity index (χ2v) is 17.0. The first-order valence-electron chi connectivity index (χ1n) is 22.0. The lowest BCUT2D eigenvalue weighted by molar-refractivity contribution is 0.669. The molecule has 0 radical (unpaired) electrons. The third kappa shape index (κ3) is 5.02. The Balaban J connectivity index is 1.06. The van der Waals surface area contributed by atoms with Gasteiger partial charge in [0.2, 0.25) is 0 Å². The maximum atomic E-state index is 6.90. The predicted molar refractivity (Wildman–Crippen MR) is 270 cm³/mol. The van der Waals surface area contributed by atoms with E-state index in [1.165, 1.54) is 81.7 Å². The Kier molecular flexibility index (Phi) is 7.43. The first-order chi connectivity index (χ1) is 31.8. The van der Waals surface area contributed by atoms with E-state index in [4.69, 9.17) is 8.83 Å². The van der Waals surface area contributed by atoms with Crippen molar-refractivity contribution in [2.45, 2.75) is 0 Å². The largest absolute Gasteiger partial charge is 0.456 e. The van der Waals surface area contributed by atoms with Gasteiger partial charge in [-0.3, -0.25) is 0 Å². The molecule has 0 aliphatic carbocycles. The summed E-state index contributed by atoms with van der Waals surface area (Å²) in [5, 5.41) is 16.6. The lowest BCUT2D eigenvalue weighted by Crippen LogP contribution is -1.92. The molecule has 2 aromatic heterocycles. The third-order valence-corrected chi connectivity index (χ3v) is 13.6. The maximum Gasteiger partial charge on any atom is 0.136 e. The number of hydrogen-bond acceptors (Lipinski definition) is 2. The van der Waals surface area contributed by atoms with Gasteiger partial charge < -0.3 is 8.83 Å². The SMILES string of the molecule is c1ccc(-c2c3ccccc3c(-c3cccc4oc5cccc(-c6c7ccccc7c(-c7ccc8oc9cc%10ccccc%10cc9c8c7)c7ccccc67)c5c34)c3ccccc23)cc1. The molecule has 0 saturated heterocycles. The summed E-state index contributed by atoms with van der Waals surface area (Å²) in [5.41, 5.74) is 13.1. The Morgan fingerprint density at radius 1 is 0.219 bits per heavy atom. The van der Waals surface area contributed by atoms with Crippen molar-refractivity contribution in [1.82, 2.24) is 0 Å². The first-order valence-corrected chi connectivity index (χ1v) is 22.0. The van der Waals surface area contributed by atoms with E-state index in [0.717, 1.165) is 60.6 Å². The summed E-state index contributed by atoms with van der Waals surface area (Å²) in [6.45, 7) is 0. The molecule has 0 aliphatic heterocycles. The van der Waals surface area contributed by atoms with Gasteiger partial charge in [0.05, 0.1) is 0 Å². The number of benzene rings is 12. The highest BCUT2D eigenvalue weighted by Gasteiger charge is 2.24. The third-order valence-electron chi connectivity index (χ3n) is 13.6. The molecule has 2 heteroatoms. The van der Waals surface area contributed by atoms with Crippen LogP contribution in [-0.4, -0.2) is 0 Å². The molecule has 2 heterocycles. The van der Waals surface area contributed by atoms with Gasteiger partial charge in [0.25, 0.3) is 0 Å². The van der Waals surface area contributed by atoms with Crippen molar-refractivity contribution in [2.24, 2.45) is 0 Å². The highest BCUT2D eigenvalue weighted by atomic mass is 16.3. The zero-order valence-electron chi connectivity index (χ0n) is 34.6. The molecule has 0 spiro atoms. The number of fused-ring (bicyclic) bond motifs is 11. The second kappa shape index (κ2) is 13.5. The Bertz CT molecular complexity index is 4130. The topological polar surface area (TPSA) is 26.3 Å². The molecule has 0 aliphatic rings. The molecule has 0 amide bonds. The fraction of sp³-hybridized carbons (Fsp3) is 0. The zero-order valence-corrected chi connectivity index (χ0v) is 34.6. The normalized spacial score (nSPS) is 12.1. The molecule has 296 valence electrons. The van der Waals surface area contributed by atoms with Crippen LogP contribution in [0.2, 0.25) is 0 Å². The van der Waals surface area contributed by atoms with Crippen LogP contribution in [0.5, 0.6) is 0 Å². The van der Waals surface area contributed by atoms with Crippen LogP contribution in [0.1, 0.15) is 0 Å². The minimum absolute atomic E-state index is 0.872. The van der Waals surface area contributed by atoms with Crippen molar-refractivity contribution in [2.75, 3.05) is 0 Å². The molecule has 12 aromatic carbocycles. The predicted octanol–water partition coefficient (Wildman–Crippen LogP) is 17.9. The van der Waals surface area contributed by atoms with Crippen molar-refractivity contribution >= 4 is 97.7 Å². The van der Waals surface area contributed by atoms with E-state index in [1.54, 1.807) is 0 Å². The van der Waals surface area contributed by atoms with Crippen molar-refractivity contribution in [3.05, 3.63) is 218 Å². The molecule has 2 nitrogen and oxygen atoms in total. The van der Waals surface area contributed by atoms with Gasteiger partial charge in [-0.25, -0.2) is 0 Å². The minimum atomic E-state index is 0.872. The van der Waals surface area contributed by atoms with Crippen LogP contribution < -0.4 is 0 Å². The van der Waals surface area contributed by atoms with Gasteiger partial charge in [-0.1, -0.05) is 182 Å². The number of rotatable bonds is 4. The highest BCUT2D eigenvalue weighted by molar-refractivity contribution is 6.30. The second-order valence-electron chi connectivity index (χ2n) is 17.0. The van der Waals surface area contributed by atoms with E-state index in [-0.39, 0.29) is 0 Å². The van der Waals surface area contributed by atoms with Crippen LogP contribution in [0.25, 0.3) is 142 Å². The summed E-state index contributed by atoms with van der Waals surface area (Å²) in [7, 11) is 0. The fourth-order valence-electron chi connectivity index (χ4n) is 11.0. The van der Waals surface area contributed by atoms with Crippen LogP contribution in [0, 0.1) is 0 Å². The summed E-state index contributed by atoms with van der Waals surface area (Å²) < 4.78 is 13.4. The molecular formula is C62H36O2. The molecule has 14 aromatic rings. The Labute approximate surface area is 367 Å². The first kappa shape index (κ1) is 35.2. The van der Waals surface area contributed by atoms with E-state index in [9.17, 15) is 0 Å². The number of furan rings is 2. The molecular weight excluding hydrogens is 777 g/mol. The lowest BCUT2D eigenvalue weighted by Gasteiger charge is -2.19. The summed E-state index contributed by atoms with van der Waals surface area (Å²) in [4.78, 5) is 0. The van der Waals surface area contributed by atoms with Crippen LogP contribution in [-0.2, 0) is 0 Å². The van der Waals surface area contributed by atoms with Gasteiger partial charge >= 0.3 is 0 Å². The fourth-order valence-corrected chi connectivity index (χ4v) is 11.0. The molecule has 0 atom stereocenters. The Morgan fingerprint density at radius 2 is 0.625 bits per heavy atom. The highest BCUT2D eigenvalue weighted by Crippen LogP contribution is 2.51. The lowest BCUT2D eigenvalue weighted by atomic mass is 9.83. The van der Waals surface area contributed by atoms with E-state index in [0.29, 0.717) is 0 Å². The zero-order chi connectivity index (χ0) is 41.9. The van der Waals surface area contributed by atoms with Crippen LogP contribution in [0.3, 0.4) is 0 Å².